The second-order valence-electron chi connectivity index (χ2n) is 4.40. The Bertz CT molecular complexity index is 318. The van der Waals surface area contributed by atoms with Gasteiger partial charge in [-0.05, 0) is 26.3 Å². The fourth-order valence-electron chi connectivity index (χ4n) is 1.62. The van der Waals surface area contributed by atoms with Gasteiger partial charge in [-0.2, -0.15) is 0 Å². The van der Waals surface area contributed by atoms with Gasteiger partial charge in [-0.25, -0.2) is 0 Å². The van der Waals surface area contributed by atoms with Crippen molar-refractivity contribution in [1.29, 1.82) is 0 Å². The summed E-state index contributed by atoms with van der Waals surface area (Å²) >= 11 is 0. The highest BCUT2D eigenvalue weighted by molar-refractivity contribution is 6.06. The highest BCUT2D eigenvalue weighted by atomic mass is 16.2. The maximum absolute atomic E-state index is 11.9. The standard InChI is InChI=1S/C12H21N3O/c1-5-6-15(4)12(16)10-7-11(13-8-10)14-9(2)3/h7,9H,5-6,8H2,1-4H3,(H,13,14). The first-order chi connectivity index (χ1) is 7.54. The van der Waals surface area contributed by atoms with Gasteiger partial charge in [-0.1, -0.05) is 6.92 Å². The van der Waals surface area contributed by atoms with Crippen molar-refractivity contribution in [1.82, 2.24) is 10.2 Å². The van der Waals surface area contributed by atoms with Crippen LogP contribution in [0.25, 0.3) is 0 Å². The van der Waals surface area contributed by atoms with Crippen molar-refractivity contribution in [3.8, 4) is 0 Å². The van der Waals surface area contributed by atoms with Crippen LogP contribution in [0, 0.1) is 0 Å². The molecule has 0 spiro atoms. The first-order valence-electron chi connectivity index (χ1n) is 5.81. The fourth-order valence-corrected chi connectivity index (χ4v) is 1.62. The highest BCUT2D eigenvalue weighted by Crippen LogP contribution is 2.08. The maximum Gasteiger partial charge on any atom is 0.251 e. The van der Waals surface area contributed by atoms with Crippen molar-refractivity contribution in [2.45, 2.75) is 33.2 Å². The number of nitrogens with one attached hydrogen (secondary N) is 1. The van der Waals surface area contributed by atoms with Crippen molar-refractivity contribution in [3.63, 3.8) is 0 Å². The number of nitrogens with zero attached hydrogens (tertiary/aromatic N) is 2. The molecule has 16 heavy (non-hydrogen) atoms. The molecule has 1 N–H and O–H groups in total. The molecule has 0 unspecified atom stereocenters. The van der Waals surface area contributed by atoms with Gasteiger partial charge in [-0.3, -0.25) is 9.79 Å². The van der Waals surface area contributed by atoms with Gasteiger partial charge in [-0.15, -0.1) is 0 Å². The van der Waals surface area contributed by atoms with Crippen molar-refractivity contribution < 1.29 is 4.79 Å². The Hall–Kier alpha value is -1.32. The molecular weight excluding hydrogens is 202 g/mol. The average Bonchev–Trinajstić information content (AvgIpc) is 2.64. The molecule has 0 saturated carbocycles. The van der Waals surface area contributed by atoms with Gasteiger partial charge in [0, 0.05) is 25.2 Å². The second kappa shape index (κ2) is 5.68. The van der Waals surface area contributed by atoms with Crippen LogP contribution < -0.4 is 5.32 Å². The van der Waals surface area contributed by atoms with E-state index in [-0.39, 0.29) is 5.91 Å². The van der Waals surface area contributed by atoms with E-state index >= 15 is 0 Å². The van der Waals surface area contributed by atoms with E-state index in [4.69, 9.17) is 0 Å². The summed E-state index contributed by atoms with van der Waals surface area (Å²) in [4.78, 5) is 18.0. The molecule has 0 saturated heterocycles. The summed E-state index contributed by atoms with van der Waals surface area (Å²) in [6.45, 7) is 7.47. The summed E-state index contributed by atoms with van der Waals surface area (Å²) in [5.41, 5.74) is 0.777. The van der Waals surface area contributed by atoms with Crippen LogP contribution >= 0.6 is 0 Å². The third-order valence-corrected chi connectivity index (χ3v) is 2.35. The van der Waals surface area contributed by atoms with Crippen LogP contribution in [0.4, 0.5) is 0 Å². The predicted molar refractivity (Wildman–Crippen MR) is 66.6 cm³/mol. The number of likely N-dealkylation sites (N-methyl/N-ethyl adjacent to an activating group) is 1. The van der Waals surface area contributed by atoms with Crippen molar-refractivity contribution in [2.75, 3.05) is 20.1 Å². The van der Waals surface area contributed by atoms with Gasteiger partial charge in [0.2, 0.25) is 0 Å². The highest BCUT2D eigenvalue weighted by Gasteiger charge is 2.18. The van der Waals surface area contributed by atoms with Crippen LogP contribution in [0.15, 0.2) is 16.6 Å². The number of rotatable bonds is 4. The lowest BCUT2D eigenvalue weighted by Gasteiger charge is -2.15. The molecule has 0 radical (unpaired) electrons. The van der Waals surface area contributed by atoms with Crippen LogP contribution in [0.5, 0.6) is 0 Å². The molecule has 0 aromatic rings. The van der Waals surface area contributed by atoms with Gasteiger partial charge < -0.3 is 10.2 Å². The molecule has 0 aromatic carbocycles. The summed E-state index contributed by atoms with van der Waals surface area (Å²) in [5, 5.41) is 3.20. The summed E-state index contributed by atoms with van der Waals surface area (Å²) in [6.07, 6.45) is 2.84. The average molecular weight is 223 g/mol. The minimum Gasteiger partial charge on any atom is -0.368 e. The lowest BCUT2D eigenvalue weighted by Crippen LogP contribution is -2.30. The largest absolute Gasteiger partial charge is 0.368 e. The molecule has 0 aromatic heterocycles. The zero-order valence-electron chi connectivity index (χ0n) is 10.6. The monoisotopic (exact) mass is 223 g/mol. The molecule has 1 rings (SSSR count). The summed E-state index contributed by atoms with van der Waals surface area (Å²) in [5.74, 6) is 0.911. The van der Waals surface area contributed by atoms with Gasteiger partial charge >= 0.3 is 0 Å². The fraction of sp³-hybridized carbons (Fsp3) is 0.667. The molecule has 0 aliphatic carbocycles. The molecule has 0 atom stereocenters. The van der Waals surface area contributed by atoms with Crippen LogP contribution in [-0.4, -0.2) is 42.8 Å². The third kappa shape index (κ3) is 3.36. The van der Waals surface area contributed by atoms with Gasteiger partial charge in [0.15, 0.2) is 0 Å². The molecule has 1 aliphatic rings. The van der Waals surface area contributed by atoms with Crippen molar-refractivity contribution in [3.05, 3.63) is 11.6 Å². The molecule has 90 valence electrons. The molecule has 1 amide bonds. The van der Waals surface area contributed by atoms with E-state index in [0.29, 0.717) is 12.6 Å². The molecule has 4 nitrogen and oxygen atoms in total. The van der Waals surface area contributed by atoms with E-state index in [1.165, 1.54) is 0 Å². The Morgan fingerprint density at radius 3 is 2.88 bits per heavy atom. The van der Waals surface area contributed by atoms with Crippen molar-refractivity contribution >= 4 is 11.7 Å². The van der Waals surface area contributed by atoms with E-state index in [1.54, 1.807) is 4.90 Å². The van der Waals surface area contributed by atoms with Gasteiger partial charge in [0.05, 0.1) is 6.54 Å². The topological polar surface area (TPSA) is 44.7 Å². The van der Waals surface area contributed by atoms with E-state index in [1.807, 2.05) is 13.1 Å². The lowest BCUT2D eigenvalue weighted by atomic mass is 10.2. The number of carbonyl (C=O) groups is 1. The molecule has 0 fully saturated rings. The minimum absolute atomic E-state index is 0.0890. The number of amidine groups is 1. The summed E-state index contributed by atoms with van der Waals surface area (Å²) in [7, 11) is 1.83. The van der Waals surface area contributed by atoms with E-state index in [2.05, 4.69) is 31.1 Å². The SMILES string of the molecule is CCCN(C)C(=O)C1=CC(NC(C)C)=NC1. The minimum atomic E-state index is 0.0890. The number of hydrogen-bond donors (Lipinski definition) is 1. The Labute approximate surface area is 97.4 Å². The number of hydrogen-bond acceptors (Lipinski definition) is 3. The van der Waals surface area contributed by atoms with E-state index in [9.17, 15) is 4.79 Å². The molecule has 4 heteroatoms. The molecule has 1 heterocycles. The predicted octanol–water partition coefficient (Wildman–Crippen LogP) is 1.19. The first-order valence-corrected chi connectivity index (χ1v) is 5.81. The van der Waals surface area contributed by atoms with Crippen LogP contribution in [0.2, 0.25) is 0 Å². The smallest absolute Gasteiger partial charge is 0.251 e. The summed E-state index contributed by atoms with van der Waals surface area (Å²) in [6, 6.07) is 0.345. The van der Waals surface area contributed by atoms with Crippen molar-refractivity contribution in [2.24, 2.45) is 4.99 Å². The Morgan fingerprint density at radius 2 is 2.31 bits per heavy atom. The normalized spacial score (nSPS) is 14.8. The van der Waals surface area contributed by atoms with Crippen LogP contribution in [0.1, 0.15) is 27.2 Å². The quantitative estimate of drug-likeness (QED) is 0.778. The van der Waals surface area contributed by atoms with Gasteiger partial charge in [0.1, 0.15) is 5.84 Å². The first kappa shape index (κ1) is 12.7. The van der Waals surface area contributed by atoms with E-state index < -0.39 is 0 Å². The van der Waals surface area contributed by atoms with Crippen LogP contribution in [-0.2, 0) is 4.79 Å². The molecule has 0 bridgehead atoms. The number of carbonyl (C=O) groups excluding carboxylic acids is 1. The summed E-state index contributed by atoms with van der Waals surface area (Å²) < 4.78 is 0. The Morgan fingerprint density at radius 1 is 1.62 bits per heavy atom. The van der Waals surface area contributed by atoms with E-state index in [0.717, 1.165) is 24.4 Å². The maximum atomic E-state index is 11.9. The van der Waals surface area contributed by atoms with Crippen LogP contribution in [0.3, 0.4) is 0 Å². The second-order valence-corrected chi connectivity index (χ2v) is 4.40. The number of amides is 1. The zero-order valence-corrected chi connectivity index (χ0v) is 10.6. The lowest BCUT2D eigenvalue weighted by molar-refractivity contribution is -0.125. The van der Waals surface area contributed by atoms with Gasteiger partial charge in [0.25, 0.3) is 5.91 Å². The third-order valence-electron chi connectivity index (χ3n) is 2.35. The zero-order chi connectivity index (χ0) is 12.1. The Kier molecular flexibility index (Phi) is 4.52. The Balaban J connectivity index is 2.55. The molecular formula is C12H21N3O. The number of aliphatic imine (C=N–C) groups is 1. The molecule has 1 aliphatic heterocycles.